The van der Waals surface area contributed by atoms with Gasteiger partial charge in [-0.25, -0.2) is 9.52 Å². The van der Waals surface area contributed by atoms with Crippen LogP contribution in [0.5, 0.6) is 0 Å². The number of hydrogen-bond acceptors (Lipinski definition) is 4. The van der Waals surface area contributed by atoms with Gasteiger partial charge in [-0.15, -0.1) is 0 Å². The largest absolute Gasteiger partial charge is 0.452 e. The molecule has 100 valence electrons. The van der Waals surface area contributed by atoms with Crippen molar-refractivity contribution in [2.75, 3.05) is 19.0 Å². The van der Waals surface area contributed by atoms with Gasteiger partial charge in [-0.3, -0.25) is 0 Å². The second kappa shape index (κ2) is 6.55. The lowest BCUT2D eigenvalue weighted by molar-refractivity contribution is 0.176. The molecule has 1 amide bonds. The lowest BCUT2D eigenvalue weighted by atomic mass is 10.1. The third-order valence-corrected chi connectivity index (χ3v) is 4.78. The fraction of sp³-hybridized carbons (Fsp3) is 0.889. The van der Waals surface area contributed by atoms with Crippen molar-refractivity contribution < 1.29 is 17.9 Å². The van der Waals surface area contributed by atoms with E-state index in [0.29, 0.717) is 6.54 Å². The highest BCUT2D eigenvalue weighted by molar-refractivity contribution is 9.09. The van der Waals surface area contributed by atoms with E-state index in [1.54, 1.807) is 0 Å². The van der Waals surface area contributed by atoms with Gasteiger partial charge in [0.1, 0.15) is 0 Å². The van der Waals surface area contributed by atoms with Gasteiger partial charge in [0.15, 0.2) is 0 Å². The van der Waals surface area contributed by atoms with Gasteiger partial charge in [-0.2, -0.15) is 12.7 Å². The van der Waals surface area contributed by atoms with Gasteiger partial charge in [0.2, 0.25) is 0 Å². The molecule has 1 heterocycles. The van der Waals surface area contributed by atoms with Crippen LogP contribution in [0.3, 0.4) is 0 Å². The van der Waals surface area contributed by atoms with Crippen molar-refractivity contribution in [3.05, 3.63) is 0 Å². The zero-order valence-electron chi connectivity index (χ0n) is 9.69. The van der Waals surface area contributed by atoms with Gasteiger partial charge >= 0.3 is 16.3 Å². The number of carbonyl (C=O) groups excluding carboxylic acids is 1. The van der Waals surface area contributed by atoms with Crippen molar-refractivity contribution in [3.63, 3.8) is 0 Å². The maximum atomic E-state index is 11.9. The van der Waals surface area contributed by atoms with E-state index in [1.165, 1.54) is 4.31 Å². The van der Waals surface area contributed by atoms with Crippen molar-refractivity contribution in [1.29, 1.82) is 0 Å². The molecular formula is C9H17BrN2O4S. The Morgan fingerprint density at radius 2 is 2.29 bits per heavy atom. The molecule has 1 fully saturated rings. The van der Waals surface area contributed by atoms with Crippen molar-refractivity contribution in [2.24, 2.45) is 0 Å². The Labute approximate surface area is 110 Å². The Kier molecular flexibility index (Phi) is 5.68. The van der Waals surface area contributed by atoms with Crippen LogP contribution in [0.1, 0.15) is 25.7 Å². The summed E-state index contributed by atoms with van der Waals surface area (Å²) < 4.78 is 31.3. The average molecular weight is 329 g/mol. The van der Waals surface area contributed by atoms with Crippen LogP contribution in [0, 0.1) is 0 Å². The molecule has 0 aliphatic carbocycles. The summed E-state index contributed by atoms with van der Waals surface area (Å²) in [5.41, 5.74) is 0. The normalized spacial score (nSPS) is 21.4. The van der Waals surface area contributed by atoms with E-state index in [-0.39, 0.29) is 6.04 Å². The van der Waals surface area contributed by atoms with Gasteiger partial charge in [0, 0.05) is 17.9 Å². The average Bonchev–Trinajstić information content (AvgIpc) is 2.74. The van der Waals surface area contributed by atoms with E-state index in [9.17, 15) is 13.2 Å². The second-order valence-corrected chi connectivity index (χ2v) is 6.25. The highest BCUT2D eigenvalue weighted by Crippen LogP contribution is 2.24. The molecule has 8 heteroatoms. The topological polar surface area (TPSA) is 75.7 Å². The first-order valence-electron chi connectivity index (χ1n) is 5.44. The van der Waals surface area contributed by atoms with Gasteiger partial charge in [0.05, 0.1) is 7.11 Å². The Morgan fingerprint density at radius 1 is 1.59 bits per heavy atom. The van der Waals surface area contributed by atoms with E-state index in [2.05, 4.69) is 20.7 Å². The van der Waals surface area contributed by atoms with Gasteiger partial charge in [-0.1, -0.05) is 15.9 Å². The third-order valence-electron chi connectivity index (χ3n) is 2.70. The number of carbonyl (C=O) groups is 1. The number of alkyl halides is 1. The first-order valence-corrected chi connectivity index (χ1v) is 8.01. The Hall–Kier alpha value is -0.340. The fourth-order valence-corrected chi connectivity index (χ4v) is 3.64. The monoisotopic (exact) mass is 328 g/mol. The number of rotatable bonds is 5. The molecule has 1 saturated heterocycles. The molecule has 1 atom stereocenters. The van der Waals surface area contributed by atoms with Gasteiger partial charge < -0.3 is 4.74 Å². The van der Waals surface area contributed by atoms with Crippen LogP contribution in [0.4, 0.5) is 4.79 Å². The molecule has 0 bridgehead atoms. The van der Waals surface area contributed by atoms with Crippen molar-refractivity contribution in [3.8, 4) is 0 Å². The Bertz CT molecular complexity index is 360. The molecule has 1 rings (SSSR count). The predicted molar refractivity (Wildman–Crippen MR) is 67.2 cm³/mol. The van der Waals surface area contributed by atoms with E-state index < -0.39 is 16.3 Å². The van der Waals surface area contributed by atoms with E-state index in [4.69, 9.17) is 0 Å². The zero-order valence-corrected chi connectivity index (χ0v) is 12.1. The fourth-order valence-electron chi connectivity index (χ4n) is 1.93. The summed E-state index contributed by atoms with van der Waals surface area (Å²) in [5, 5.41) is 0.849. The second-order valence-electron chi connectivity index (χ2n) is 3.84. The minimum Gasteiger partial charge on any atom is -0.452 e. The van der Waals surface area contributed by atoms with Crippen LogP contribution in [0.25, 0.3) is 0 Å². The standard InChI is InChI=1S/C9H17BrN2O4S/c1-16-9(13)11-17(14,15)12-7-3-5-8(12)4-2-6-10/h8H,2-7H2,1H3,(H,11,13). The summed E-state index contributed by atoms with van der Waals surface area (Å²) in [7, 11) is -2.62. The van der Waals surface area contributed by atoms with Crippen molar-refractivity contribution in [1.82, 2.24) is 9.03 Å². The first-order chi connectivity index (χ1) is 8.01. The SMILES string of the molecule is COC(=O)NS(=O)(=O)N1CCCC1CCCBr. The first kappa shape index (κ1) is 14.7. The molecular weight excluding hydrogens is 312 g/mol. The molecule has 1 aliphatic heterocycles. The minimum absolute atomic E-state index is 0.0188. The highest BCUT2D eigenvalue weighted by Gasteiger charge is 2.34. The summed E-state index contributed by atoms with van der Waals surface area (Å²) in [6.07, 6.45) is 2.43. The molecule has 17 heavy (non-hydrogen) atoms. The lowest BCUT2D eigenvalue weighted by Gasteiger charge is -2.23. The van der Waals surface area contributed by atoms with E-state index >= 15 is 0 Å². The number of hydrogen-bond donors (Lipinski definition) is 1. The molecule has 0 saturated carbocycles. The molecule has 0 spiro atoms. The summed E-state index contributed by atoms with van der Waals surface area (Å²) in [5.74, 6) is 0. The molecule has 1 N–H and O–H groups in total. The number of amides is 1. The molecule has 0 radical (unpaired) electrons. The number of nitrogens with zero attached hydrogens (tertiary/aromatic N) is 1. The number of ether oxygens (including phenoxy) is 1. The van der Waals surface area contributed by atoms with Crippen LogP contribution < -0.4 is 4.72 Å². The smallest absolute Gasteiger partial charge is 0.421 e. The maximum absolute atomic E-state index is 11.9. The number of halogens is 1. The molecule has 1 unspecified atom stereocenters. The third kappa shape index (κ3) is 4.11. The quantitative estimate of drug-likeness (QED) is 0.770. The molecule has 0 aromatic rings. The number of nitrogens with one attached hydrogen (secondary N) is 1. The Morgan fingerprint density at radius 3 is 2.88 bits per heavy atom. The summed E-state index contributed by atoms with van der Waals surface area (Å²) in [6.45, 7) is 0.458. The minimum atomic E-state index is -3.76. The van der Waals surface area contributed by atoms with Crippen LogP contribution in [0.2, 0.25) is 0 Å². The van der Waals surface area contributed by atoms with Crippen LogP contribution in [-0.4, -0.2) is 43.8 Å². The highest BCUT2D eigenvalue weighted by atomic mass is 79.9. The molecule has 0 aromatic carbocycles. The van der Waals surface area contributed by atoms with E-state index in [1.807, 2.05) is 4.72 Å². The predicted octanol–water partition coefficient (Wildman–Crippen LogP) is 1.23. The Balaban J connectivity index is 2.65. The van der Waals surface area contributed by atoms with Crippen molar-refractivity contribution >= 4 is 32.2 Å². The van der Waals surface area contributed by atoms with Gasteiger partial charge in [0.25, 0.3) is 0 Å². The van der Waals surface area contributed by atoms with Gasteiger partial charge in [-0.05, 0) is 25.7 Å². The maximum Gasteiger partial charge on any atom is 0.421 e. The lowest BCUT2D eigenvalue weighted by Crippen LogP contribution is -2.45. The molecule has 6 nitrogen and oxygen atoms in total. The van der Waals surface area contributed by atoms with Crippen molar-refractivity contribution in [2.45, 2.75) is 31.7 Å². The van der Waals surface area contributed by atoms with Crippen LogP contribution in [0.15, 0.2) is 0 Å². The summed E-state index contributed by atoms with van der Waals surface area (Å²) >= 11 is 3.32. The summed E-state index contributed by atoms with van der Waals surface area (Å²) in [4.78, 5) is 11.0. The summed E-state index contributed by atoms with van der Waals surface area (Å²) in [6, 6.07) is -0.0188. The van der Waals surface area contributed by atoms with Crippen LogP contribution >= 0.6 is 15.9 Å². The zero-order chi connectivity index (χ0) is 12.9. The van der Waals surface area contributed by atoms with E-state index in [0.717, 1.165) is 38.1 Å². The van der Waals surface area contributed by atoms with Crippen LogP contribution in [-0.2, 0) is 14.9 Å². The molecule has 0 aromatic heterocycles. The number of methoxy groups -OCH3 is 1. The molecule has 1 aliphatic rings.